The molecule has 0 atom stereocenters. The highest BCUT2D eigenvalue weighted by Gasteiger charge is 2.19. The molecule has 6 nitrogen and oxygen atoms in total. The van der Waals surface area contributed by atoms with Crippen molar-refractivity contribution in [3.63, 3.8) is 0 Å². The number of rotatable bonds is 5. The van der Waals surface area contributed by atoms with Gasteiger partial charge in [0.15, 0.2) is 21.8 Å². The van der Waals surface area contributed by atoms with Crippen molar-refractivity contribution in [2.75, 3.05) is 25.1 Å². The van der Waals surface area contributed by atoms with Crippen molar-refractivity contribution >= 4 is 39.8 Å². The fourth-order valence-electron chi connectivity index (χ4n) is 1.53. The minimum absolute atomic E-state index is 0.139. The Morgan fingerprint density at radius 2 is 2.00 bits per heavy atom. The molecule has 1 amide bonds. The zero-order valence-electron chi connectivity index (χ0n) is 12.5. The predicted octanol–water partition coefficient (Wildman–Crippen LogP) is 2.67. The summed E-state index contributed by atoms with van der Waals surface area (Å²) in [6.07, 6.45) is 1.47. The highest BCUT2D eigenvalue weighted by Crippen LogP contribution is 2.31. The monoisotopic (exact) mass is 375 g/mol. The molecule has 0 spiro atoms. The number of thioether (sulfide) groups is 1. The van der Waals surface area contributed by atoms with Crippen molar-refractivity contribution in [1.29, 1.82) is 0 Å². The van der Waals surface area contributed by atoms with Crippen molar-refractivity contribution in [3.8, 4) is 0 Å². The number of hydrogen-bond donors (Lipinski definition) is 2. The Morgan fingerprint density at radius 1 is 1.29 bits per heavy atom. The van der Waals surface area contributed by atoms with Gasteiger partial charge in [0.2, 0.25) is 5.13 Å². The van der Waals surface area contributed by atoms with E-state index in [-0.39, 0.29) is 10.0 Å². The Bertz CT molecular complexity index is 794. The first-order chi connectivity index (χ1) is 11.3. The van der Waals surface area contributed by atoms with E-state index in [2.05, 4.69) is 15.5 Å². The van der Waals surface area contributed by atoms with Crippen LogP contribution >= 0.6 is 23.1 Å². The minimum Gasteiger partial charge on any atom is -0.382 e. The first-order valence-electron chi connectivity index (χ1n) is 6.38. The minimum atomic E-state index is -1.66. The fraction of sp³-hybridized carbons (Fsp3) is 0.154. The Balaban J connectivity index is 2.24. The lowest BCUT2D eigenvalue weighted by Gasteiger charge is -2.12. The Hall–Kier alpha value is -2.27. The Morgan fingerprint density at radius 3 is 2.58 bits per heavy atom. The van der Waals surface area contributed by atoms with Gasteiger partial charge in [-0.2, -0.15) is 0 Å². The number of anilines is 2. The van der Waals surface area contributed by atoms with Crippen molar-refractivity contribution in [3.05, 3.63) is 40.7 Å². The summed E-state index contributed by atoms with van der Waals surface area (Å²) in [6.45, 7) is 0. The summed E-state index contributed by atoms with van der Waals surface area (Å²) in [5.74, 6) is -5.19. The second-order valence-corrected chi connectivity index (χ2v) is 6.94. The van der Waals surface area contributed by atoms with Crippen LogP contribution in [-0.4, -0.2) is 35.1 Å². The third-order valence-corrected chi connectivity index (χ3v) is 4.32. The normalized spacial score (nSPS) is 11.5. The van der Waals surface area contributed by atoms with Crippen LogP contribution in [0.2, 0.25) is 0 Å². The molecule has 1 aromatic heterocycles. The van der Waals surface area contributed by atoms with Gasteiger partial charge >= 0.3 is 0 Å². The zero-order valence-corrected chi connectivity index (χ0v) is 14.1. The lowest BCUT2D eigenvalue weighted by Crippen LogP contribution is -2.17. The van der Waals surface area contributed by atoms with Crippen LogP contribution in [0.4, 0.5) is 24.0 Å². The van der Waals surface area contributed by atoms with Crippen molar-refractivity contribution in [1.82, 2.24) is 15.1 Å². The number of carbonyl (C=O) groups is 1. The average Bonchev–Trinajstić information content (AvgIpc) is 2.92. The maximum absolute atomic E-state index is 13.7. The number of hydrogen-bond acceptors (Lipinski definition) is 7. The van der Waals surface area contributed by atoms with Crippen LogP contribution in [0.5, 0.6) is 0 Å². The zero-order chi connectivity index (χ0) is 17.9. The molecule has 0 unspecified atom stereocenters. The van der Waals surface area contributed by atoms with Gasteiger partial charge in [0.25, 0.3) is 5.91 Å². The number of amides is 1. The fourth-order valence-corrected chi connectivity index (χ4v) is 3.24. The number of nitrogens with two attached hydrogens (primary N) is 1. The number of nitrogen functional groups attached to an aromatic ring is 1. The molecule has 3 N–H and O–H groups in total. The van der Waals surface area contributed by atoms with Gasteiger partial charge in [0, 0.05) is 20.3 Å². The van der Waals surface area contributed by atoms with E-state index in [9.17, 15) is 18.0 Å². The van der Waals surface area contributed by atoms with Crippen LogP contribution in [0.3, 0.4) is 0 Å². The number of benzene rings is 1. The SMILES string of the molecule is CN(C)/C=C(/Sc1nnc(N)s1)C(=O)Nc1ccc(F)c(F)c1F. The molecular formula is C13H12F3N5OS2. The number of aromatic nitrogens is 2. The Kier molecular flexibility index (Phi) is 5.67. The van der Waals surface area contributed by atoms with Crippen molar-refractivity contribution in [2.24, 2.45) is 0 Å². The van der Waals surface area contributed by atoms with E-state index in [0.717, 1.165) is 35.2 Å². The van der Waals surface area contributed by atoms with Crippen LogP contribution in [0.15, 0.2) is 27.6 Å². The molecule has 0 saturated heterocycles. The molecule has 0 bridgehead atoms. The van der Waals surface area contributed by atoms with E-state index in [4.69, 9.17) is 5.73 Å². The van der Waals surface area contributed by atoms with Crippen LogP contribution in [0.25, 0.3) is 0 Å². The molecule has 0 aliphatic rings. The van der Waals surface area contributed by atoms with Crippen LogP contribution in [0, 0.1) is 17.5 Å². The molecule has 0 radical (unpaired) electrons. The quantitative estimate of drug-likeness (QED) is 0.475. The molecule has 0 saturated carbocycles. The van der Waals surface area contributed by atoms with E-state index in [1.54, 1.807) is 19.0 Å². The third-order valence-electron chi connectivity index (χ3n) is 2.50. The van der Waals surface area contributed by atoms with Gasteiger partial charge in [0.05, 0.1) is 10.6 Å². The predicted molar refractivity (Wildman–Crippen MR) is 86.9 cm³/mol. The summed E-state index contributed by atoms with van der Waals surface area (Å²) in [5, 5.41) is 9.84. The molecule has 0 aliphatic heterocycles. The van der Waals surface area contributed by atoms with Crippen LogP contribution in [0.1, 0.15) is 0 Å². The standard InChI is InChI=1S/C13H12F3N5OS2/c1-21(2)5-8(23-13-20-19-12(17)24-13)11(22)18-7-4-3-6(14)9(15)10(7)16/h3-5H,1-2H3,(H2,17,19)(H,18,22)/b8-5+. The summed E-state index contributed by atoms with van der Waals surface area (Å²) < 4.78 is 40.3. The second-order valence-electron chi connectivity index (χ2n) is 4.64. The lowest BCUT2D eigenvalue weighted by molar-refractivity contribution is -0.112. The van der Waals surface area contributed by atoms with Crippen LogP contribution < -0.4 is 11.1 Å². The first kappa shape index (κ1) is 18.1. The second kappa shape index (κ2) is 7.53. The van der Waals surface area contributed by atoms with E-state index in [1.807, 2.05) is 0 Å². The summed E-state index contributed by atoms with van der Waals surface area (Å²) in [7, 11) is 3.36. The Labute approximate surface area is 143 Å². The molecule has 11 heteroatoms. The summed E-state index contributed by atoms with van der Waals surface area (Å²) in [5.41, 5.74) is 5.01. The maximum atomic E-state index is 13.7. The third kappa shape index (κ3) is 4.38. The molecule has 2 rings (SSSR count). The molecule has 1 aromatic carbocycles. The first-order valence-corrected chi connectivity index (χ1v) is 8.01. The highest BCUT2D eigenvalue weighted by molar-refractivity contribution is 8.05. The molecular weight excluding hydrogens is 363 g/mol. The lowest BCUT2D eigenvalue weighted by atomic mass is 10.2. The van der Waals surface area contributed by atoms with E-state index in [1.165, 1.54) is 6.20 Å². The molecule has 128 valence electrons. The van der Waals surface area contributed by atoms with E-state index < -0.39 is 29.0 Å². The van der Waals surface area contributed by atoms with E-state index >= 15 is 0 Å². The number of halogens is 3. The molecule has 1 heterocycles. The van der Waals surface area contributed by atoms with Crippen molar-refractivity contribution in [2.45, 2.75) is 4.34 Å². The van der Waals surface area contributed by atoms with Gasteiger partial charge in [-0.3, -0.25) is 4.79 Å². The topological polar surface area (TPSA) is 84.1 Å². The van der Waals surface area contributed by atoms with Gasteiger partial charge in [-0.05, 0) is 23.9 Å². The summed E-state index contributed by atoms with van der Waals surface area (Å²) in [4.78, 5) is 14.1. The van der Waals surface area contributed by atoms with Gasteiger partial charge < -0.3 is 16.0 Å². The van der Waals surface area contributed by atoms with Gasteiger partial charge in [0.1, 0.15) is 0 Å². The van der Waals surface area contributed by atoms with Crippen molar-refractivity contribution < 1.29 is 18.0 Å². The molecule has 0 fully saturated rings. The maximum Gasteiger partial charge on any atom is 0.264 e. The number of nitrogens with zero attached hydrogens (tertiary/aromatic N) is 3. The highest BCUT2D eigenvalue weighted by atomic mass is 32.2. The molecule has 0 aliphatic carbocycles. The summed E-state index contributed by atoms with van der Waals surface area (Å²) >= 11 is 2.03. The number of nitrogens with one attached hydrogen (secondary N) is 1. The van der Waals surface area contributed by atoms with Crippen LogP contribution in [-0.2, 0) is 4.79 Å². The van der Waals surface area contributed by atoms with Gasteiger partial charge in [-0.25, -0.2) is 13.2 Å². The summed E-state index contributed by atoms with van der Waals surface area (Å²) in [6, 6.07) is 1.66. The average molecular weight is 375 g/mol. The largest absolute Gasteiger partial charge is 0.382 e. The molecule has 24 heavy (non-hydrogen) atoms. The van der Waals surface area contributed by atoms with Gasteiger partial charge in [-0.1, -0.05) is 11.3 Å². The molecule has 2 aromatic rings. The van der Waals surface area contributed by atoms with E-state index in [0.29, 0.717) is 4.34 Å². The van der Waals surface area contributed by atoms with Gasteiger partial charge in [-0.15, -0.1) is 10.2 Å². The smallest absolute Gasteiger partial charge is 0.264 e. The number of carbonyl (C=O) groups excluding carboxylic acids is 1.